The molecule has 0 aromatic heterocycles. The maximum absolute atomic E-state index is 13.6. The summed E-state index contributed by atoms with van der Waals surface area (Å²) in [7, 11) is -1.91. The standard InChI is InChI=1S/C22H21Cl4NO10S/c1-5-38(33)22-17(27-20(31)11-12(21(27)32)14(24)16(26)15(25)13(11)23)19(36-9(4)30)18(35-8(3)29)10(37-22)6-34-7(2)28/h10,17-19,22H,5-6H2,1-4H3/t10-,17-,18-,19-,22+,38+/m1/s1. The third-order valence-corrected chi connectivity index (χ3v) is 8.92. The Labute approximate surface area is 239 Å². The lowest BCUT2D eigenvalue weighted by Crippen LogP contribution is -2.68. The van der Waals surface area contributed by atoms with Gasteiger partial charge in [0, 0.05) is 26.5 Å². The number of hydrogen-bond donors (Lipinski definition) is 0. The summed E-state index contributed by atoms with van der Waals surface area (Å²) in [6, 6.07) is -1.60. The molecule has 1 fully saturated rings. The number of ether oxygens (including phenoxy) is 4. The lowest BCUT2D eigenvalue weighted by molar-refractivity contribution is -0.217. The van der Waals surface area contributed by atoms with Crippen LogP contribution in [0.4, 0.5) is 0 Å². The smallest absolute Gasteiger partial charge is 0.303 e. The van der Waals surface area contributed by atoms with E-state index in [1.165, 1.54) is 0 Å². The first-order valence-corrected chi connectivity index (χ1v) is 13.9. The van der Waals surface area contributed by atoms with E-state index in [0.29, 0.717) is 4.90 Å². The van der Waals surface area contributed by atoms with Gasteiger partial charge in [0.15, 0.2) is 17.6 Å². The highest BCUT2D eigenvalue weighted by atomic mass is 35.5. The van der Waals surface area contributed by atoms with E-state index in [0.717, 1.165) is 20.8 Å². The molecule has 0 spiro atoms. The second-order valence-electron chi connectivity index (χ2n) is 8.14. The molecule has 1 aromatic carbocycles. The van der Waals surface area contributed by atoms with Crippen LogP contribution in [0.1, 0.15) is 48.4 Å². The summed E-state index contributed by atoms with van der Waals surface area (Å²) in [5.74, 6) is -4.48. The molecule has 6 atom stereocenters. The molecule has 2 amide bonds. The van der Waals surface area contributed by atoms with Crippen LogP contribution in [0.25, 0.3) is 0 Å². The van der Waals surface area contributed by atoms with Gasteiger partial charge in [-0.2, -0.15) is 0 Å². The molecule has 2 aliphatic rings. The van der Waals surface area contributed by atoms with Gasteiger partial charge in [0.1, 0.15) is 18.8 Å². The molecular weight excluding hydrogens is 612 g/mol. The quantitative estimate of drug-likeness (QED) is 0.145. The van der Waals surface area contributed by atoms with E-state index in [1.54, 1.807) is 6.92 Å². The monoisotopic (exact) mass is 631 g/mol. The largest absolute Gasteiger partial charge is 0.463 e. The minimum Gasteiger partial charge on any atom is -0.463 e. The van der Waals surface area contributed by atoms with Crippen LogP contribution in [0, 0.1) is 0 Å². The summed E-state index contributed by atoms with van der Waals surface area (Å²) >= 11 is 24.7. The predicted octanol–water partition coefficient (Wildman–Crippen LogP) is 3.18. The van der Waals surface area contributed by atoms with Crippen molar-refractivity contribution < 1.29 is 47.1 Å². The molecule has 0 saturated carbocycles. The van der Waals surface area contributed by atoms with Gasteiger partial charge in [-0.3, -0.25) is 33.1 Å². The summed E-state index contributed by atoms with van der Waals surface area (Å²) < 4.78 is 35.0. The molecule has 3 rings (SSSR count). The number of carbonyl (C=O) groups is 5. The number of carbonyl (C=O) groups excluding carboxylic acids is 5. The number of benzene rings is 1. The molecule has 16 heteroatoms. The van der Waals surface area contributed by atoms with Crippen LogP contribution >= 0.6 is 46.4 Å². The molecule has 0 radical (unpaired) electrons. The van der Waals surface area contributed by atoms with E-state index in [-0.39, 0.29) is 37.0 Å². The van der Waals surface area contributed by atoms with E-state index in [1.807, 2.05) is 0 Å². The Hall–Kier alpha value is -1.96. The van der Waals surface area contributed by atoms with Crippen LogP contribution < -0.4 is 0 Å². The van der Waals surface area contributed by atoms with Crippen LogP contribution in [-0.4, -0.2) is 81.0 Å². The molecule has 2 aliphatic heterocycles. The van der Waals surface area contributed by atoms with E-state index in [2.05, 4.69) is 0 Å². The molecule has 11 nitrogen and oxygen atoms in total. The summed E-state index contributed by atoms with van der Waals surface area (Å²) in [5, 5.41) is -1.25. The fourth-order valence-electron chi connectivity index (χ4n) is 4.18. The average Bonchev–Trinajstić information content (AvgIpc) is 3.09. The first kappa shape index (κ1) is 30.6. The zero-order valence-corrected chi connectivity index (χ0v) is 24.1. The number of fused-ring (bicyclic) bond motifs is 1. The van der Waals surface area contributed by atoms with Crippen molar-refractivity contribution in [3.05, 3.63) is 31.2 Å². The third-order valence-electron chi connectivity index (χ3n) is 5.64. The van der Waals surface area contributed by atoms with Crippen molar-refractivity contribution in [1.82, 2.24) is 4.90 Å². The van der Waals surface area contributed by atoms with E-state index < -0.39 is 76.9 Å². The van der Waals surface area contributed by atoms with Crippen LogP contribution in [0.3, 0.4) is 0 Å². The van der Waals surface area contributed by atoms with Crippen LogP contribution in [0.5, 0.6) is 0 Å². The van der Waals surface area contributed by atoms with Gasteiger partial charge in [-0.25, -0.2) is 0 Å². The molecule has 2 heterocycles. The molecule has 38 heavy (non-hydrogen) atoms. The Morgan fingerprint density at radius 3 is 1.74 bits per heavy atom. The first-order valence-electron chi connectivity index (χ1n) is 11.0. The van der Waals surface area contributed by atoms with Gasteiger partial charge in [0.2, 0.25) is 0 Å². The predicted molar refractivity (Wildman–Crippen MR) is 136 cm³/mol. The second-order valence-corrected chi connectivity index (χ2v) is 11.5. The Morgan fingerprint density at radius 2 is 1.32 bits per heavy atom. The zero-order chi connectivity index (χ0) is 28.6. The number of imide groups is 1. The SMILES string of the molecule is CC[S@](=O)[C@@H]1O[C@H](COC(C)=O)[C@@H](OC(C)=O)[C@H](OC(C)=O)[C@H]1N1C(=O)c2c(Cl)c(Cl)c(Cl)c(Cl)c2C1=O. The maximum Gasteiger partial charge on any atom is 0.303 e. The van der Waals surface area contributed by atoms with Gasteiger partial charge < -0.3 is 18.9 Å². The molecule has 0 N–H and O–H groups in total. The van der Waals surface area contributed by atoms with Gasteiger partial charge in [0.05, 0.1) is 42.0 Å². The number of amides is 2. The molecule has 0 bridgehead atoms. The van der Waals surface area contributed by atoms with Crippen molar-refractivity contribution in [2.45, 2.75) is 57.5 Å². The number of halogens is 4. The van der Waals surface area contributed by atoms with Gasteiger partial charge in [0.25, 0.3) is 11.8 Å². The first-order chi connectivity index (χ1) is 17.7. The molecule has 1 saturated heterocycles. The Kier molecular flexibility index (Phi) is 9.70. The van der Waals surface area contributed by atoms with E-state index >= 15 is 0 Å². The Bertz CT molecular complexity index is 1190. The fourth-order valence-corrected chi connectivity index (χ4v) is 6.37. The minimum absolute atomic E-state index is 0.0190. The van der Waals surface area contributed by atoms with Gasteiger partial charge in [-0.15, -0.1) is 0 Å². The summed E-state index contributed by atoms with van der Waals surface area (Å²) in [6.07, 6.45) is -4.37. The molecule has 1 aromatic rings. The third kappa shape index (κ3) is 5.66. The molecular formula is C22H21Cl4NO10S. The van der Waals surface area contributed by atoms with Crippen molar-refractivity contribution in [2.24, 2.45) is 0 Å². The summed E-state index contributed by atoms with van der Waals surface area (Å²) in [4.78, 5) is 63.6. The van der Waals surface area contributed by atoms with Gasteiger partial charge in [-0.1, -0.05) is 53.3 Å². The van der Waals surface area contributed by atoms with Gasteiger partial charge >= 0.3 is 17.9 Å². The number of rotatable bonds is 7. The normalized spacial score (nSPS) is 25.6. The van der Waals surface area contributed by atoms with Crippen molar-refractivity contribution >= 4 is 86.9 Å². The van der Waals surface area contributed by atoms with E-state index in [4.69, 9.17) is 65.4 Å². The topological polar surface area (TPSA) is 143 Å². The van der Waals surface area contributed by atoms with Crippen molar-refractivity contribution in [1.29, 1.82) is 0 Å². The highest BCUT2D eigenvalue weighted by Crippen LogP contribution is 2.46. The lowest BCUT2D eigenvalue weighted by Gasteiger charge is -2.47. The number of hydrogen-bond acceptors (Lipinski definition) is 10. The Morgan fingerprint density at radius 1 is 0.842 bits per heavy atom. The molecule has 208 valence electrons. The highest BCUT2D eigenvalue weighted by Gasteiger charge is 2.59. The lowest BCUT2D eigenvalue weighted by atomic mass is 9.96. The van der Waals surface area contributed by atoms with Gasteiger partial charge in [-0.05, 0) is 0 Å². The van der Waals surface area contributed by atoms with Crippen LogP contribution in [0.15, 0.2) is 0 Å². The number of esters is 3. The summed E-state index contributed by atoms with van der Waals surface area (Å²) in [5.41, 5.74) is -2.23. The maximum atomic E-state index is 13.6. The fraction of sp³-hybridized carbons (Fsp3) is 0.500. The van der Waals surface area contributed by atoms with Crippen LogP contribution in [-0.2, 0) is 44.1 Å². The van der Waals surface area contributed by atoms with Crippen molar-refractivity contribution in [3.63, 3.8) is 0 Å². The second kappa shape index (κ2) is 12.1. The molecule has 0 unspecified atom stereocenters. The van der Waals surface area contributed by atoms with Crippen molar-refractivity contribution in [2.75, 3.05) is 12.4 Å². The van der Waals surface area contributed by atoms with Crippen molar-refractivity contribution in [3.8, 4) is 0 Å². The average molecular weight is 633 g/mol. The number of nitrogens with zero attached hydrogens (tertiary/aromatic N) is 1. The molecule has 0 aliphatic carbocycles. The summed E-state index contributed by atoms with van der Waals surface area (Å²) in [6.45, 7) is 4.29. The minimum atomic E-state index is -1.91. The van der Waals surface area contributed by atoms with E-state index in [9.17, 15) is 28.2 Å². The zero-order valence-electron chi connectivity index (χ0n) is 20.3. The highest BCUT2D eigenvalue weighted by molar-refractivity contribution is 7.85. The van der Waals surface area contributed by atoms with Crippen LogP contribution in [0.2, 0.25) is 20.1 Å². The Balaban J connectivity index is 2.23.